The van der Waals surface area contributed by atoms with Gasteiger partial charge in [-0.1, -0.05) is 30.3 Å². The van der Waals surface area contributed by atoms with Gasteiger partial charge in [0, 0.05) is 20.1 Å². The van der Waals surface area contributed by atoms with E-state index in [1.165, 1.54) is 5.56 Å². The van der Waals surface area contributed by atoms with Crippen molar-refractivity contribution in [1.29, 1.82) is 0 Å². The molecule has 2 atom stereocenters. The topological polar surface area (TPSA) is 72.9 Å². The van der Waals surface area contributed by atoms with Gasteiger partial charge in [0.2, 0.25) is 11.8 Å². The van der Waals surface area contributed by atoms with Crippen molar-refractivity contribution in [2.75, 3.05) is 27.2 Å². The van der Waals surface area contributed by atoms with Crippen molar-refractivity contribution in [3.63, 3.8) is 0 Å². The average Bonchev–Trinajstić information content (AvgIpc) is 3.39. The molecule has 1 aromatic rings. The van der Waals surface area contributed by atoms with E-state index in [2.05, 4.69) is 12.1 Å². The monoisotopic (exact) mass is 359 g/mol. The molecular weight excluding hydrogens is 330 g/mol. The molecule has 2 fully saturated rings. The Morgan fingerprint density at radius 2 is 2.00 bits per heavy atom. The molecule has 2 N–H and O–H groups in total. The van der Waals surface area contributed by atoms with E-state index in [1.54, 1.807) is 17.4 Å². The van der Waals surface area contributed by atoms with Crippen LogP contribution in [0.25, 0.3) is 0 Å². The number of amides is 2. The summed E-state index contributed by atoms with van der Waals surface area (Å²) in [6.45, 7) is 1.49. The Hall–Kier alpha value is -1.92. The van der Waals surface area contributed by atoms with Gasteiger partial charge in [-0.2, -0.15) is 0 Å². The van der Waals surface area contributed by atoms with Crippen molar-refractivity contribution in [2.45, 2.75) is 38.1 Å². The van der Waals surface area contributed by atoms with E-state index in [0.717, 1.165) is 32.2 Å². The Morgan fingerprint density at radius 1 is 1.31 bits per heavy atom. The van der Waals surface area contributed by atoms with Crippen molar-refractivity contribution in [3.8, 4) is 0 Å². The fourth-order valence-electron chi connectivity index (χ4n) is 4.30. The molecule has 1 aliphatic carbocycles. The normalized spacial score (nSPS) is 24.3. The van der Waals surface area contributed by atoms with Gasteiger partial charge in [-0.25, -0.2) is 5.48 Å². The van der Waals surface area contributed by atoms with E-state index in [1.807, 2.05) is 30.1 Å². The van der Waals surface area contributed by atoms with Crippen molar-refractivity contribution >= 4 is 11.8 Å². The molecule has 1 spiro atoms. The lowest BCUT2D eigenvalue weighted by atomic mass is 9.80. The van der Waals surface area contributed by atoms with Gasteiger partial charge < -0.3 is 4.90 Å². The van der Waals surface area contributed by atoms with Gasteiger partial charge in [0.15, 0.2) is 0 Å². The molecule has 142 valence electrons. The summed E-state index contributed by atoms with van der Waals surface area (Å²) in [5.41, 5.74) is 3.19. The number of hydroxylamine groups is 1. The number of rotatable bonds is 6. The van der Waals surface area contributed by atoms with Gasteiger partial charge in [-0.05, 0) is 50.1 Å². The first-order valence-electron chi connectivity index (χ1n) is 9.39. The van der Waals surface area contributed by atoms with E-state index in [4.69, 9.17) is 5.21 Å². The number of likely N-dealkylation sites (N-methyl/N-ethyl adjacent to an activating group) is 2. The Balaban J connectivity index is 1.61. The highest BCUT2D eigenvalue weighted by molar-refractivity contribution is 5.90. The van der Waals surface area contributed by atoms with Gasteiger partial charge in [-0.15, -0.1) is 0 Å². The van der Waals surface area contributed by atoms with Crippen LogP contribution in [0.15, 0.2) is 30.3 Å². The predicted octanol–water partition coefficient (Wildman–Crippen LogP) is 1.68. The van der Waals surface area contributed by atoms with Gasteiger partial charge in [0.1, 0.15) is 6.04 Å². The lowest BCUT2D eigenvalue weighted by Crippen LogP contribution is -2.58. The number of nitrogens with one attached hydrogen (secondary N) is 1. The first-order valence-corrected chi connectivity index (χ1v) is 9.39. The molecule has 2 amide bonds. The molecule has 0 aromatic heterocycles. The largest absolute Gasteiger partial charge is 0.344 e. The fourth-order valence-corrected chi connectivity index (χ4v) is 4.30. The molecule has 2 unspecified atom stereocenters. The van der Waals surface area contributed by atoms with Crippen molar-refractivity contribution in [2.24, 2.45) is 11.3 Å². The number of carbonyl (C=O) groups is 2. The molecule has 1 aromatic carbocycles. The standard InChI is InChI=1S/C20H29N3O3/c1-22(12-6-9-15-7-4-3-5-8-15)19(25)17-16(18(24)21-26)13-20(10-11-20)14-23(17)2/h3-5,7-8,16-17,26H,6,9-14H2,1-2H3,(H,21,24). The summed E-state index contributed by atoms with van der Waals surface area (Å²) in [6.07, 6.45) is 4.67. The minimum Gasteiger partial charge on any atom is -0.344 e. The van der Waals surface area contributed by atoms with Crippen LogP contribution in [-0.2, 0) is 16.0 Å². The number of benzene rings is 1. The molecule has 6 heteroatoms. The number of carbonyl (C=O) groups excluding carboxylic acids is 2. The zero-order chi connectivity index (χ0) is 18.7. The minimum absolute atomic E-state index is 0.0374. The molecule has 0 bridgehead atoms. The molecular formula is C20H29N3O3. The van der Waals surface area contributed by atoms with Crippen LogP contribution in [-0.4, -0.2) is 60.0 Å². The highest BCUT2D eigenvalue weighted by Crippen LogP contribution is 2.54. The number of likely N-dealkylation sites (tertiary alicyclic amines) is 1. The van der Waals surface area contributed by atoms with Crippen LogP contribution in [0.2, 0.25) is 0 Å². The summed E-state index contributed by atoms with van der Waals surface area (Å²) in [4.78, 5) is 29.0. The zero-order valence-corrected chi connectivity index (χ0v) is 15.6. The van der Waals surface area contributed by atoms with E-state index in [9.17, 15) is 9.59 Å². The highest BCUT2D eigenvalue weighted by atomic mass is 16.5. The summed E-state index contributed by atoms with van der Waals surface area (Å²) in [6, 6.07) is 9.72. The number of hydrogen-bond donors (Lipinski definition) is 2. The SMILES string of the molecule is CN(CCCc1ccccc1)C(=O)C1C(C(=O)NO)CC2(CC2)CN1C. The lowest BCUT2D eigenvalue weighted by Gasteiger charge is -2.42. The third-order valence-corrected chi connectivity index (χ3v) is 5.93. The summed E-state index contributed by atoms with van der Waals surface area (Å²) in [5, 5.41) is 9.13. The van der Waals surface area contributed by atoms with Gasteiger partial charge in [-0.3, -0.25) is 19.7 Å². The van der Waals surface area contributed by atoms with Crippen molar-refractivity contribution < 1.29 is 14.8 Å². The fraction of sp³-hybridized carbons (Fsp3) is 0.600. The molecule has 1 aliphatic heterocycles. The molecule has 2 aliphatic rings. The van der Waals surface area contributed by atoms with Crippen LogP contribution < -0.4 is 5.48 Å². The quantitative estimate of drug-likeness (QED) is 0.599. The second-order valence-electron chi connectivity index (χ2n) is 8.00. The maximum Gasteiger partial charge on any atom is 0.248 e. The zero-order valence-electron chi connectivity index (χ0n) is 15.6. The van der Waals surface area contributed by atoms with E-state index in [-0.39, 0.29) is 11.3 Å². The number of nitrogens with zero attached hydrogens (tertiary/aromatic N) is 2. The number of aryl methyl sites for hydroxylation is 1. The van der Waals surface area contributed by atoms with Crippen molar-refractivity contribution in [3.05, 3.63) is 35.9 Å². The van der Waals surface area contributed by atoms with Crippen LogP contribution in [0.1, 0.15) is 31.2 Å². The van der Waals surface area contributed by atoms with Crippen LogP contribution >= 0.6 is 0 Å². The molecule has 1 saturated heterocycles. The molecule has 1 saturated carbocycles. The van der Waals surface area contributed by atoms with Gasteiger partial charge in [0.05, 0.1) is 5.92 Å². The van der Waals surface area contributed by atoms with E-state index in [0.29, 0.717) is 13.0 Å². The molecule has 6 nitrogen and oxygen atoms in total. The smallest absolute Gasteiger partial charge is 0.248 e. The predicted molar refractivity (Wildman–Crippen MR) is 98.5 cm³/mol. The maximum absolute atomic E-state index is 13.0. The Morgan fingerprint density at radius 3 is 2.62 bits per heavy atom. The number of piperidine rings is 1. The summed E-state index contributed by atoms with van der Waals surface area (Å²) in [7, 11) is 3.72. The van der Waals surface area contributed by atoms with E-state index < -0.39 is 17.9 Å². The number of hydrogen-bond acceptors (Lipinski definition) is 4. The second-order valence-corrected chi connectivity index (χ2v) is 8.00. The average molecular weight is 359 g/mol. The maximum atomic E-state index is 13.0. The van der Waals surface area contributed by atoms with Gasteiger partial charge in [0.25, 0.3) is 0 Å². The Kier molecular flexibility index (Phi) is 5.63. The summed E-state index contributed by atoms with van der Waals surface area (Å²) >= 11 is 0. The molecule has 1 heterocycles. The Labute approximate surface area is 155 Å². The van der Waals surface area contributed by atoms with Crippen molar-refractivity contribution in [1.82, 2.24) is 15.3 Å². The first-order chi connectivity index (χ1) is 12.5. The minimum atomic E-state index is -0.505. The summed E-state index contributed by atoms with van der Waals surface area (Å²) in [5.74, 6) is -0.978. The Bertz CT molecular complexity index is 645. The first kappa shape index (κ1) is 18.9. The molecule has 0 radical (unpaired) electrons. The third kappa shape index (κ3) is 4.07. The summed E-state index contributed by atoms with van der Waals surface area (Å²) < 4.78 is 0. The van der Waals surface area contributed by atoms with Crippen LogP contribution in [0.4, 0.5) is 0 Å². The van der Waals surface area contributed by atoms with Gasteiger partial charge >= 0.3 is 0 Å². The third-order valence-electron chi connectivity index (χ3n) is 5.93. The van der Waals surface area contributed by atoms with Crippen LogP contribution in [0.5, 0.6) is 0 Å². The second kappa shape index (κ2) is 7.76. The lowest BCUT2D eigenvalue weighted by molar-refractivity contribution is -0.149. The molecule has 3 rings (SSSR count). The van der Waals surface area contributed by atoms with Crippen LogP contribution in [0, 0.1) is 11.3 Å². The molecule has 26 heavy (non-hydrogen) atoms. The van der Waals surface area contributed by atoms with E-state index >= 15 is 0 Å². The van der Waals surface area contributed by atoms with Crippen LogP contribution in [0.3, 0.4) is 0 Å². The highest BCUT2D eigenvalue weighted by Gasteiger charge is 2.54.